The maximum absolute atomic E-state index is 13.4. The first-order valence-corrected chi connectivity index (χ1v) is 5.43. The first kappa shape index (κ1) is 9.80. The van der Waals surface area contributed by atoms with E-state index in [0.717, 1.165) is 29.6 Å². The highest BCUT2D eigenvalue weighted by molar-refractivity contribution is 7.97. The molecule has 0 saturated carbocycles. The molecule has 1 aromatic carbocycles. The number of nitrogens with two attached hydrogens (primary N) is 1. The molecule has 2 nitrogen and oxygen atoms in total. The molecule has 0 saturated heterocycles. The first-order chi connectivity index (χ1) is 6.63. The molecule has 1 aromatic rings. The summed E-state index contributed by atoms with van der Waals surface area (Å²) in [7, 11) is 2.03. The van der Waals surface area contributed by atoms with E-state index in [9.17, 15) is 4.39 Å². The van der Waals surface area contributed by atoms with Gasteiger partial charge in [-0.05, 0) is 43.0 Å². The summed E-state index contributed by atoms with van der Waals surface area (Å²) in [6.45, 7) is 2.13. The molecule has 0 bridgehead atoms. The van der Waals surface area contributed by atoms with Gasteiger partial charge in [0.25, 0.3) is 0 Å². The zero-order chi connectivity index (χ0) is 10.3. The summed E-state index contributed by atoms with van der Waals surface area (Å²) in [6, 6.07) is 3.88. The van der Waals surface area contributed by atoms with Crippen molar-refractivity contribution in [2.45, 2.75) is 24.3 Å². The maximum atomic E-state index is 13.4. The minimum absolute atomic E-state index is 0.209. The Morgan fingerprint density at radius 1 is 1.57 bits per heavy atom. The van der Waals surface area contributed by atoms with E-state index in [1.165, 1.54) is 0 Å². The fourth-order valence-electron chi connectivity index (χ4n) is 1.86. The summed E-state index contributed by atoms with van der Waals surface area (Å²) < 4.78 is 13.4. The lowest BCUT2D eigenvalue weighted by Gasteiger charge is -2.18. The number of benzene rings is 1. The molecule has 1 atom stereocenters. The van der Waals surface area contributed by atoms with Crippen LogP contribution in [-0.4, -0.2) is 13.1 Å². The fraction of sp³-hybridized carbons (Fsp3) is 0.400. The predicted octanol–water partition coefficient (Wildman–Crippen LogP) is 2.17. The van der Waals surface area contributed by atoms with Crippen LogP contribution in [0.3, 0.4) is 0 Å². The van der Waals surface area contributed by atoms with Crippen molar-refractivity contribution in [3.05, 3.63) is 23.5 Å². The quantitative estimate of drug-likeness (QED) is 0.723. The number of anilines is 1. The molecule has 0 spiro atoms. The summed E-state index contributed by atoms with van der Waals surface area (Å²) in [5, 5.41) is 5.38. The van der Waals surface area contributed by atoms with E-state index in [-0.39, 0.29) is 5.82 Å². The van der Waals surface area contributed by atoms with Gasteiger partial charge in [-0.2, -0.15) is 0 Å². The third-order valence-electron chi connectivity index (χ3n) is 2.82. The Kier molecular flexibility index (Phi) is 2.41. The zero-order valence-corrected chi connectivity index (χ0v) is 9.07. The minimum atomic E-state index is -0.209. The number of nitrogens with zero attached hydrogens (tertiary/aromatic N) is 1. The minimum Gasteiger partial charge on any atom is -0.371 e. The van der Waals surface area contributed by atoms with Gasteiger partial charge in [-0.3, -0.25) is 5.14 Å². The van der Waals surface area contributed by atoms with Crippen molar-refractivity contribution in [1.82, 2.24) is 0 Å². The molecule has 1 aliphatic rings. The zero-order valence-electron chi connectivity index (χ0n) is 8.25. The van der Waals surface area contributed by atoms with Crippen LogP contribution in [0.4, 0.5) is 10.1 Å². The van der Waals surface area contributed by atoms with Gasteiger partial charge in [0.05, 0.1) is 4.90 Å². The number of hydrogen-bond donors (Lipinski definition) is 1. The van der Waals surface area contributed by atoms with Crippen LogP contribution in [0.15, 0.2) is 17.0 Å². The monoisotopic (exact) mass is 212 g/mol. The van der Waals surface area contributed by atoms with Gasteiger partial charge in [0, 0.05) is 18.8 Å². The Labute approximate surface area is 87.4 Å². The molecular formula is C10H13FN2S. The van der Waals surface area contributed by atoms with E-state index >= 15 is 0 Å². The van der Waals surface area contributed by atoms with Crippen LogP contribution in [0, 0.1) is 5.82 Å². The molecule has 4 heteroatoms. The molecule has 0 radical (unpaired) electrons. The van der Waals surface area contributed by atoms with Crippen molar-refractivity contribution >= 4 is 17.6 Å². The molecule has 1 aliphatic heterocycles. The van der Waals surface area contributed by atoms with Gasteiger partial charge in [0.2, 0.25) is 0 Å². The smallest absolute Gasteiger partial charge is 0.138 e. The summed E-state index contributed by atoms with van der Waals surface area (Å²) in [5.41, 5.74) is 2.18. The van der Waals surface area contributed by atoms with E-state index in [0.29, 0.717) is 10.9 Å². The third kappa shape index (κ3) is 1.38. The third-order valence-corrected chi connectivity index (χ3v) is 3.38. The van der Waals surface area contributed by atoms with Gasteiger partial charge in [-0.25, -0.2) is 4.39 Å². The SMILES string of the molecule is C[C@H]1Cc2cc(F)c(SN)cc2N1C. The summed E-state index contributed by atoms with van der Waals surface area (Å²) in [4.78, 5) is 2.68. The highest BCUT2D eigenvalue weighted by Gasteiger charge is 2.24. The second-order valence-corrected chi connectivity index (χ2v) is 4.37. The van der Waals surface area contributed by atoms with Gasteiger partial charge in [0.1, 0.15) is 5.82 Å². The van der Waals surface area contributed by atoms with Gasteiger partial charge in [0.15, 0.2) is 0 Å². The molecule has 2 rings (SSSR count). The van der Waals surface area contributed by atoms with Gasteiger partial charge in [-0.1, -0.05) is 0 Å². The first-order valence-electron chi connectivity index (χ1n) is 4.55. The molecule has 0 amide bonds. The molecule has 14 heavy (non-hydrogen) atoms. The molecule has 76 valence electrons. The summed E-state index contributed by atoms with van der Waals surface area (Å²) in [5.74, 6) is -0.209. The van der Waals surface area contributed by atoms with E-state index in [4.69, 9.17) is 5.14 Å². The topological polar surface area (TPSA) is 29.3 Å². The van der Waals surface area contributed by atoms with Crippen molar-refractivity contribution in [3.8, 4) is 0 Å². The lowest BCUT2D eigenvalue weighted by Crippen LogP contribution is -2.23. The lowest BCUT2D eigenvalue weighted by molar-refractivity contribution is 0.600. The number of fused-ring (bicyclic) bond motifs is 1. The van der Waals surface area contributed by atoms with E-state index in [1.807, 2.05) is 13.1 Å². The number of likely N-dealkylation sites (N-methyl/N-ethyl adjacent to an activating group) is 1. The standard InChI is InChI=1S/C10H13FN2S/c1-6-3-7-4-8(11)10(14-12)5-9(7)13(6)2/h4-6H,3,12H2,1-2H3/t6-/m0/s1. The number of rotatable bonds is 1. The number of hydrogen-bond acceptors (Lipinski definition) is 3. The van der Waals surface area contributed by atoms with Gasteiger partial charge >= 0.3 is 0 Å². The van der Waals surface area contributed by atoms with Crippen LogP contribution in [-0.2, 0) is 6.42 Å². The Balaban J connectivity index is 2.49. The van der Waals surface area contributed by atoms with Gasteiger partial charge in [-0.15, -0.1) is 0 Å². The maximum Gasteiger partial charge on any atom is 0.138 e. The van der Waals surface area contributed by atoms with Crippen molar-refractivity contribution in [2.24, 2.45) is 5.14 Å². The Bertz CT molecular complexity index is 367. The molecule has 0 aromatic heterocycles. The largest absolute Gasteiger partial charge is 0.371 e. The van der Waals surface area contributed by atoms with Crippen molar-refractivity contribution < 1.29 is 4.39 Å². The normalized spacial score (nSPS) is 20.0. The average Bonchev–Trinajstić information content (AvgIpc) is 2.41. The molecule has 0 fully saturated rings. The highest BCUT2D eigenvalue weighted by Crippen LogP contribution is 2.34. The molecular weight excluding hydrogens is 199 g/mol. The number of halogens is 1. The molecule has 0 aliphatic carbocycles. The molecule has 2 N–H and O–H groups in total. The second-order valence-electron chi connectivity index (χ2n) is 3.69. The van der Waals surface area contributed by atoms with Gasteiger partial charge < -0.3 is 4.90 Å². The highest BCUT2D eigenvalue weighted by atomic mass is 32.2. The fourth-order valence-corrected chi connectivity index (χ4v) is 2.21. The average molecular weight is 212 g/mol. The van der Waals surface area contributed by atoms with Crippen LogP contribution in [0.5, 0.6) is 0 Å². The molecule has 1 heterocycles. The van der Waals surface area contributed by atoms with E-state index in [2.05, 4.69) is 11.8 Å². The molecule has 0 unspecified atom stereocenters. The van der Waals surface area contributed by atoms with Crippen molar-refractivity contribution in [1.29, 1.82) is 0 Å². The lowest BCUT2D eigenvalue weighted by atomic mass is 10.1. The second kappa shape index (κ2) is 3.44. The van der Waals surface area contributed by atoms with Crippen LogP contribution >= 0.6 is 11.9 Å². The van der Waals surface area contributed by atoms with Crippen LogP contribution in [0.25, 0.3) is 0 Å². The van der Waals surface area contributed by atoms with E-state index in [1.54, 1.807) is 6.07 Å². The van der Waals surface area contributed by atoms with E-state index < -0.39 is 0 Å². The van der Waals surface area contributed by atoms with Crippen molar-refractivity contribution in [3.63, 3.8) is 0 Å². The van der Waals surface area contributed by atoms with Crippen LogP contribution in [0.2, 0.25) is 0 Å². The Morgan fingerprint density at radius 3 is 2.93 bits per heavy atom. The summed E-state index contributed by atoms with van der Waals surface area (Å²) in [6.07, 6.45) is 0.915. The Morgan fingerprint density at radius 2 is 2.29 bits per heavy atom. The summed E-state index contributed by atoms with van der Waals surface area (Å²) >= 11 is 0.963. The Hall–Kier alpha value is -0.740. The van der Waals surface area contributed by atoms with Crippen LogP contribution < -0.4 is 10.0 Å². The van der Waals surface area contributed by atoms with Crippen molar-refractivity contribution in [2.75, 3.05) is 11.9 Å². The van der Waals surface area contributed by atoms with Crippen LogP contribution in [0.1, 0.15) is 12.5 Å². The predicted molar refractivity (Wildman–Crippen MR) is 58.0 cm³/mol.